The number of nitrogens with one attached hydrogen (secondary N) is 1. The summed E-state index contributed by atoms with van der Waals surface area (Å²) in [7, 11) is 0. The summed E-state index contributed by atoms with van der Waals surface area (Å²) in [5, 5.41) is 11.0. The molecule has 0 saturated carbocycles. The normalized spacial score (nSPS) is 17.2. The molecular formula is C22H25ClN2O3. The van der Waals surface area contributed by atoms with Gasteiger partial charge in [-0.2, -0.15) is 0 Å². The summed E-state index contributed by atoms with van der Waals surface area (Å²) in [6.45, 7) is 2.94. The molecule has 2 aromatic carbocycles. The number of fused-ring (bicyclic) bond motifs is 1. The van der Waals surface area contributed by atoms with Crippen LogP contribution in [0.5, 0.6) is 0 Å². The maximum absolute atomic E-state index is 11.3. The van der Waals surface area contributed by atoms with E-state index in [1.54, 1.807) is 12.1 Å². The molecule has 1 fully saturated rings. The van der Waals surface area contributed by atoms with E-state index >= 15 is 0 Å². The van der Waals surface area contributed by atoms with Crippen LogP contribution >= 0.6 is 11.6 Å². The van der Waals surface area contributed by atoms with Crippen LogP contribution in [0, 0.1) is 5.92 Å². The molecule has 4 rings (SSSR count). The molecule has 1 unspecified atom stereocenters. The standard InChI is InChI=1S/C22H25ClN2O3/c23-18-14-19-21(28-22(27)24-19)13-17(18)20(26)8-11-25-9-6-16(7-10-25)12-15-4-2-1-3-5-15/h1-5,13-14,16,20,26H,6-12H2,(H,24,27). The Kier molecular flexibility index (Phi) is 5.85. The van der Waals surface area contributed by atoms with E-state index in [1.165, 1.54) is 18.4 Å². The number of piperidine rings is 1. The maximum Gasteiger partial charge on any atom is 0.417 e. The summed E-state index contributed by atoms with van der Waals surface area (Å²) in [6.07, 6.45) is 3.44. The second kappa shape index (κ2) is 8.52. The summed E-state index contributed by atoms with van der Waals surface area (Å²) < 4.78 is 5.08. The van der Waals surface area contributed by atoms with Gasteiger partial charge in [0.15, 0.2) is 5.58 Å². The number of halogens is 1. The first-order valence-corrected chi connectivity index (χ1v) is 10.2. The van der Waals surface area contributed by atoms with E-state index in [2.05, 4.69) is 40.2 Å². The minimum atomic E-state index is -0.681. The topological polar surface area (TPSA) is 69.5 Å². The maximum atomic E-state index is 11.3. The lowest BCUT2D eigenvalue weighted by molar-refractivity contribution is 0.123. The molecule has 0 amide bonds. The summed E-state index contributed by atoms with van der Waals surface area (Å²) in [5.41, 5.74) is 2.99. The Morgan fingerprint density at radius 3 is 2.71 bits per heavy atom. The van der Waals surface area contributed by atoms with Crippen molar-refractivity contribution >= 4 is 22.7 Å². The van der Waals surface area contributed by atoms with Crippen LogP contribution in [0.4, 0.5) is 0 Å². The molecule has 1 atom stereocenters. The summed E-state index contributed by atoms with van der Waals surface area (Å²) in [6, 6.07) is 14.0. The zero-order valence-corrected chi connectivity index (χ0v) is 16.5. The van der Waals surface area contributed by atoms with Gasteiger partial charge in [-0.05, 0) is 62.4 Å². The average Bonchev–Trinajstić information content (AvgIpc) is 3.06. The van der Waals surface area contributed by atoms with Crippen LogP contribution in [-0.2, 0) is 6.42 Å². The number of oxazole rings is 1. The van der Waals surface area contributed by atoms with Crippen molar-refractivity contribution in [2.75, 3.05) is 19.6 Å². The van der Waals surface area contributed by atoms with Crippen molar-refractivity contribution in [3.63, 3.8) is 0 Å². The number of aliphatic hydroxyl groups excluding tert-OH is 1. The monoisotopic (exact) mass is 400 g/mol. The van der Waals surface area contributed by atoms with Gasteiger partial charge in [0.1, 0.15) is 0 Å². The molecule has 1 saturated heterocycles. The molecular weight excluding hydrogens is 376 g/mol. The Balaban J connectivity index is 1.29. The molecule has 1 aromatic heterocycles. The quantitative estimate of drug-likeness (QED) is 0.652. The van der Waals surface area contributed by atoms with Crippen molar-refractivity contribution in [2.45, 2.75) is 31.8 Å². The number of rotatable bonds is 6. The molecule has 28 heavy (non-hydrogen) atoms. The lowest BCUT2D eigenvalue weighted by Gasteiger charge is -2.32. The second-order valence-corrected chi connectivity index (χ2v) is 8.07. The Morgan fingerprint density at radius 1 is 1.21 bits per heavy atom. The Labute approximate surface area is 168 Å². The molecule has 148 valence electrons. The van der Waals surface area contributed by atoms with E-state index in [1.807, 2.05) is 0 Å². The molecule has 1 aliphatic heterocycles. The van der Waals surface area contributed by atoms with Gasteiger partial charge in [-0.15, -0.1) is 0 Å². The highest BCUT2D eigenvalue weighted by molar-refractivity contribution is 6.32. The van der Waals surface area contributed by atoms with Crippen molar-refractivity contribution in [3.05, 3.63) is 69.2 Å². The van der Waals surface area contributed by atoms with Crippen molar-refractivity contribution in [2.24, 2.45) is 5.92 Å². The van der Waals surface area contributed by atoms with Crippen LogP contribution in [-0.4, -0.2) is 34.6 Å². The minimum Gasteiger partial charge on any atom is -0.408 e. The summed E-state index contributed by atoms with van der Waals surface area (Å²) >= 11 is 6.29. The van der Waals surface area contributed by atoms with E-state index in [4.69, 9.17) is 16.0 Å². The fraction of sp³-hybridized carbons (Fsp3) is 0.409. The van der Waals surface area contributed by atoms with Gasteiger partial charge in [0.25, 0.3) is 0 Å². The smallest absolute Gasteiger partial charge is 0.408 e. The number of likely N-dealkylation sites (tertiary alicyclic amines) is 1. The van der Waals surface area contributed by atoms with Gasteiger partial charge < -0.3 is 14.4 Å². The number of aliphatic hydroxyl groups is 1. The van der Waals surface area contributed by atoms with Crippen LogP contribution in [0.3, 0.4) is 0 Å². The molecule has 6 heteroatoms. The molecule has 1 aliphatic rings. The molecule has 3 aromatic rings. The fourth-order valence-electron chi connectivity index (χ4n) is 4.06. The number of nitrogens with zero attached hydrogens (tertiary/aromatic N) is 1. The highest BCUT2D eigenvalue weighted by Crippen LogP contribution is 2.30. The summed E-state index contributed by atoms with van der Waals surface area (Å²) in [5.74, 6) is 0.216. The van der Waals surface area contributed by atoms with E-state index in [-0.39, 0.29) is 0 Å². The summed E-state index contributed by atoms with van der Waals surface area (Å²) in [4.78, 5) is 16.3. The Morgan fingerprint density at radius 2 is 1.96 bits per heavy atom. The zero-order chi connectivity index (χ0) is 19.5. The molecule has 0 spiro atoms. The van der Waals surface area contributed by atoms with Crippen LogP contribution in [0.1, 0.15) is 36.5 Å². The van der Waals surface area contributed by atoms with Gasteiger partial charge in [0.2, 0.25) is 0 Å². The van der Waals surface area contributed by atoms with Crippen LogP contribution < -0.4 is 5.76 Å². The number of hydrogen-bond acceptors (Lipinski definition) is 4. The Bertz CT molecular complexity index is 974. The van der Waals surface area contributed by atoms with E-state index < -0.39 is 11.9 Å². The molecule has 0 radical (unpaired) electrons. The predicted octanol–water partition coefficient (Wildman–Crippen LogP) is 4.15. The average molecular weight is 401 g/mol. The number of H-pyrrole nitrogens is 1. The van der Waals surface area contributed by atoms with E-state index in [0.29, 0.717) is 28.1 Å². The molecule has 5 nitrogen and oxygen atoms in total. The molecule has 0 aliphatic carbocycles. The van der Waals surface area contributed by atoms with Gasteiger partial charge in [-0.3, -0.25) is 4.98 Å². The number of hydrogen-bond donors (Lipinski definition) is 2. The van der Waals surface area contributed by atoms with Crippen LogP contribution in [0.2, 0.25) is 5.02 Å². The Hall–Kier alpha value is -2.08. The van der Waals surface area contributed by atoms with E-state index in [9.17, 15) is 9.90 Å². The van der Waals surface area contributed by atoms with Crippen LogP contribution in [0.25, 0.3) is 11.1 Å². The highest BCUT2D eigenvalue weighted by atomic mass is 35.5. The fourth-order valence-corrected chi connectivity index (χ4v) is 4.35. The lowest BCUT2D eigenvalue weighted by Crippen LogP contribution is -2.35. The first-order chi connectivity index (χ1) is 13.6. The van der Waals surface area contributed by atoms with Gasteiger partial charge in [0.05, 0.1) is 11.6 Å². The van der Waals surface area contributed by atoms with Crippen LogP contribution in [0.15, 0.2) is 51.7 Å². The van der Waals surface area contributed by atoms with Crippen molar-refractivity contribution in [1.82, 2.24) is 9.88 Å². The molecule has 0 bridgehead atoms. The van der Waals surface area contributed by atoms with Gasteiger partial charge >= 0.3 is 5.76 Å². The third-order valence-electron chi connectivity index (χ3n) is 5.69. The van der Waals surface area contributed by atoms with Gasteiger partial charge in [-0.1, -0.05) is 41.9 Å². The van der Waals surface area contributed by atoms with Crippen molar-refractivity contribution in [3.8, 4) is 0 Å². The number of benzene rings is 2. The third kappa shape index (κ3) is 4.49. The largest absolute Gasteiger partial charge is 0.417 e. The molecule has 2 heterocycles. The SMILES string of the molecule is O=c1[nH]c2cc(Cl)c(C(O)CCN3CCC(Cc4ccccc4)CC3)cc2o1. The first kappa shape index (κ1) is 19.2. The lowest BCUT2D eigenvalue weighted by atomic mass is 9.90. The van der Waals surface area contributed by atoms with Gasteiger partial charge in [0, 0.05) is 17.1 Å². The number of aromatic nitrogens is 1. The first-order valence-electron chi connectivity index (χ1n) is 9.85. The number of aromatic amines is 1. The van der Waals surface area contributed by atoms with E-state index in [0.717, 1.165) is 32.0 Å². The van der Waals surface area contributed by atoms with Gasteiger partial charge in [-0.25, -0.2) is 4.79 Å². The van der Waals surface area contributed by atoms with Crippen molar-refractivity contribution < 1.29 is 9.52 Å². The zero-order valence-electron chi connectivity index (χ0n) is 15.7. The second-order valence-electron chi connectivity index (χ2n) is 7.66. The molecule has 2 N–H and O–H groups in total. The third-order valence-corrected chi connectivity index (χ3v) is 6.02. The van der Waals surface area contributed by atoms with Crippen molar-refractivity contribution in [1.29, 1.82) is 0 Å². The minimum absolute atomic E-state index is 0.421. The highest BCUT2D eigenvalue weighted by Gasteiger charge is 2.21. The predicted molar refractivity (Wildman–Crippen MR) is 111 cm³/mol.